The number of alkyl halides is 3. The minimum atomic E-state index is -5.08. The summed E-state index contributed by atoms with van der Waals surface area (Å²) in [5.74, 6) is -2.60. The second-order valence-electron chi connectivity index (χ2n) is 8.58. The topological polar surface area (TPSA) is 140 Å². The number of phenolic OH excluding ortho intramolecular Hbond substituents is 1. The largest absolute Gasteiger partial charge is 0.507 e. The third kappa shape index (κ3) is 6.14. The standard InChI is InChI=1S/C21H23N7OS.C2HF3O2/c1-12-7-15(5-6-22-12)28(2)21-25-20-19(30-21)9-17(26-27-20)16-4-3-13(8-18(16)29)14-10-23-24-11-14;3-2(4,5)1(6)7/h3-4,8-12,15,22,29H,5-7H2,1-2H3,(H,23,24);(H,6,7)/t12-,15-;/m0./s1. The maximum Gasteiger partial charge on any atom is 0.490 e. The summed E-state index contributed by atoms with van der Waals surface area (Å²) >= 11 is 1.61. The highest BCUT2D eigenvalue weighted by Gasteiger charge is 2.38. The Morgan fingerprint density at radius 1 is 1.22 bits per heavy atom. The number of nitrogens with one attached hydrogen (secondary N) is 2. The number of halogens is 3. The van der Waals surface area contributed by atoms with E-state index in [0.29, 0.717) is 29.0 Å². The van der Waals surface area contributed by atoms with Gasteiger partial charge in [0.2, 0.25) is 0 Å². The SMILES string of the molecule is C[C@H]1C[C@@H](N(C)c2nc3nnc(-c4ccc(-c5cn[nH]c5)cc4O)cc3s2)CCN1.O=C(O)C(F)(F)F. The number of piperidine rings is 1. The fraction of sp³-hybridized carbons (Fsp3) is 0.348. The lowest BCUT2D eigenvalue weighted by atomic mass is 10.00. The summed E-state index contributed by atoms with van der Waals surface area (Å²) in [6.45, 7) is 3.25. The summed E-state index contributed by atoms with van der Waals surface area (Å²) in [6, 6.07) is 8.45. The number of rotatable bonds is 4. The van der Waals surface area contributed by atoms with Gasteiger partial charge >= 0.3 is 12.1 Å². The van der Waals surface area contributed by atoms with Crippen molar-refractivity contribution in [2.45, 2.75) is 38.0 Å². The highest BCUT2D eigenvalue weighted by atomic mass is 32.1. The molecule has 4 aromatic rings. The zero-order valence-electron chi connectivity index (χ0n) is 19.8. The molecule has 1 aliphatic heterocycles. The minimum absolute atomic E-state index is 0.160. The molecular formula is C23H24F3N7O3S. The van der Waals surface area contributed by atoms with Gasteiger partial charge in [-0.15, -0.1) is 10.2 Å². The number of aromatic amines is 1. The zero-order valence-corrected chi connectivity index (χ0v) is 20.6. The van der Waals surface area contributed by atoms with E-state index in [1.165, 1.54) is 0 Å². The maximum atomic E-state index is 10.6. The van der Waals surface area contributed by atoms with E-state index in [4.69, 9.17) is 14.9 Å². The summed E-state index contributed by atoms with van der Waals surface area (Å²) in [6.07, 6.45) is 0.627. The first kappa shape index (κ1) is 26.3. The summed E-state index contributed by atoms with van der Waals surface area (Å²) in [5, 5.41) is 37.5. The van der Waals surface area contributed by atoms with Gasteiger partial charge in [-0.25, -0.2) is 4.79 Å². The van der Waals surface area contributed by atoms with Gasteiger partial charge in [-0.3, -0.25) is 5.10 Å². The number of thiazole rings is 1. The van der Waals surface area contributed by atoms with Crippen molar-refractivity contribution in [3.63, 3.8) is 0 Å². The van der Waals surface area contributed by atoms with Crippen molar-refractivity contribution in [3.05, 3.63) is 36.7 Å². The third-order valence-electron chi connectivity index (χ3n) is 5.94. The number of benzene rings is 1. The molecule has 5 rings (SSSR count). The first-order valence-electron chi connectivity index (χ1n) is 11.3. The monoisotopic (exact) mass is 535 g/mol. The fourth-order valence-corrected chi connectivity index (χ4v) is 4.94. The number of fused-ring (bicyclic) bond motifs is 1. The molecule has 0 spiro atoms. The lowest BCUT2D eigenvalue weighted by Crippen LogP contribution is -2.45. The van der Waals surface area contributed by atoms with Crippen molar-refractivity contribution in [1.82, 2.24) is 30.7 Å². The van der Waals surface area contributed by atoms with E-state index in [-0.39, 0.29) is 5.75 Å². The van der Waals surface area contributed by atoms with E-state index in [9.17, 15) is 18.3 Å². The van der Waals surface area contributed by atoms with Crippen molar-refractivity contribution in [2.75, 3.05) is 18.5 Å². The average molecular weight is 536 g/mol. The number of hydrogen-bond acceptors (Lipinski definition) is 9. The Morgan fingerprint density at radius 3 is 2.59 bits per heavy atom. The van der Waals surface area contributed by atoms with Crippen LogP contribution in [0.25, 0.3) is 32.7 Å². The molecule has 14 heteroatoms. The van der Waals surface area contributed by atoms with Crippen LogP contribution in [0.4, 0.5) is 18.3 Å². The molecule has 2 atom stereocenters. The van der Waals surface area contributed by atoms with Gasteiger partial charge in [-0.2, -0.15) is 23.3 Å². The predicted molar refractivity (Wildman–Crippen MR) is 132 cm³/mol. The molecule has 0 saturated carbocycles. The predicted octanol–water partition coefficient (Wildman–Crippen LogP) is 4.06. The number of aliphatic carboxylic acids is 1. The van der Waals surface area contributed by atoms with E-state index in [2.05, 4.69) is 44.6 Å². The molecule has 37 heavy (non-hydrogen) atoms. The van der Waals surface area contributed by atoms with Gasteiger partial charge in [0.05, 0.1) is 16.6 Å². The van der Waals surface area contributed by atoms with E-state index in [0.717, 1.165) is 40.3 Å². The molecule has 3 aromatic heterocycles. The molecule has 1 aromatic carbocycles. The first-order valence-corrected chi connectivity index (χ1v) is 12.1. The molecule has 196 valence electrons. The summed E-state index contributed by atoms with van der Waals surface area (Å²) in [5.41, 5.74) is 3.72. The first-order chi connectivity index (χ1) is 17.5. The van der Waals surface area contributed by atoms with E-state index in [1.54, 1.807) is 29.8 Å². The zero-order chi connectivity index (χ0) is 26.7. The number of anilines is 1. The number of carboxylic acids is 1. The van der Waals surface area contributed by atoms with Crippen molar-refractivity contribution < 1.29 is 28.2 Å². The smallest absolute Gasteiger partial charge is 0.490 e. The Labute approximate surface area is 213 Å². The molecule has 0 aliphatic carbocycles. The number of carbonyl (C=O) groups is 1. The fourth-order valence-electron chi connectivity index (χ4n) is 3.97. The van der Waals surface area contributed by atoms with Crippen LogP contribution in [0.1, 0.15) is 19.8 Å². The van der Waals surface area contributed by atoms with Crippen molar-refractivity contribution in [3.8, 4) is 28.1 Å². The number of phenols is 1. The third-order valence-corrected chi connectivity index (χ3v) is 7.02. The normalized spacial score (nSPS) is 17.8. The molecule has 4 heterocycles. The molecule has 0 unspecified atom stereocenters. The van der Waals surface area contributed by atoms with Crippen LogP contribution in [0, 0.1) is 0 Å². The lowest BCUT2D eigenvalue weighted by molar-refractivity contribution is -0.192. The lowest BCUT2D eigenvalue weighted by Gasteiger charge is -2.34. The molecule has 10 nitrogen and oxygen atoms in total. The second-order valence-corrected chi connectivity index (χ2v) is 9.59. The van der Waals surface area contributed by atoms with Gasteiger partial charge in [0.15, 0.2) is 10.8 Å². The highest BCUT2D eigenvalue weighted by Crippen LogP contribution is 2.35. The van der Waals surface area contributed by atoms with Crippen LogP contribution in [-0.2, 0) is 4.79 Å². The van der Waals surface area contributed by atoms with Gasteiger partial charge in [0.1, 0.15) is 5.75 Å². The Kier molecular flexibility index (Phi) is 7.59. The van der Waals surface area contributed by atoms with Crippen LogP contribution < -0.4 is 10.2 Å². The van der Waals surface area contributed by atoms with E-state index in [1.807, 2.05) is 18.2 Å². The van der Waals surface area contributed by atoms with Gasteiger partial charge in [-0.1, -0.05) is 17.4 Å². The van der Waals surface area contributed by atoms with Crippen LogP contribution >= 0.6 is 11.3 Å². The molecule has 1 saturated heterocycles. The van der Waals surface area contributed by atoms with Crippen LogP contribution in [0.5, 0.6) is 5.75 Å². The number of hydrogen-bond donors (Lipinski definition) is 4. The van der Waals surface area contributed by atoms with Gasteiger partial charge in [0.25, 0.3) is 0 Å². The quantitative estimate of drug-likeness (QED) is 0.305. The van der Waals surface area contributed by atoms with Crippen molar-refractivity contribution in [2.24, 2.45) is 0 Å². The Hall–Kier alpha value is -3.78. The van der Waals surface area contributed by atoms with Crippen LogP contribution in [0.2, 0.25) is 0 Å². The number of carboxylic acid groups (broad SMARTS) is 1. The molecule has 0 amide bonds. The number of aromatic hydroxyl groups is 1. The van der Waals surface area contributed by atoms with Crippen LogP contribution in [-0.4, -0.2) is 73.4 Å². The van der Waals surface area contributed by atoms with Gasteiger partial charge < -0.3 is 20.4 Å². The van der Waals surface area contributed by atoms with E-state index >= 15 is 0 Å². The molecule has 1 fully saturated rings. The summed E-state index contributed by atoms with van der Waals surface area (Å²) in [7, 11) is 2.11. The number of nitrogens with zero attached hydrogens (tertiary/aromatic N) is 5. The highest BCUT2D eigenvalue weighted by molar-refractivity contribution is 7.22. The van der Waals surface area contributed by atoms with Gasteiger partial charge in [-0.05, 0) is 50.1 Å². The summed E-state index contributed by atoms with van der Waals surface area (Å²) in [4.78, 5) is 15.9. The Balaban J connectivity index is 0.000000405. The minimum Gasteiger partial charge on any atom is -0.507 e. The van der Waals surface area contributed by atoms with Gasteiger partial charge in [0, 0.05) is 36.5 Å². The molecular weight excluding hydrogens is 511 g/mol. The van der Waals surface area contributed by atoms with Crippen LogP contribution in [0.15, 0.2) is 36.7 Å². The molecule has 1 aliphatic rings. The average Bonchev–Trinajstić information content (AvgIpc) is 3.53. The Morgan fingerprint density at radius 2 is 1.97 bits per heavy atom. The number of aromatic nitrogens is 5. The second kappa shape index (κ2) is 10.7. The van der Waals surface area contributed by atoms with Crippen molar-refractivity contribution in [1.29, 1.82) is 0 Å². The van der Waals surface area contributed by atoms with E-state index < -0.39 is 12.1 Å². The maximum absolute atomic E-state index is 10.6. The van der Waals surface area contributed by atoms with Crippen LogP contribution in [0.3, 0.4) is 0 Å². The molecule has 0 radical (unpaired) electrons. The van der Waals surface area contributed by atoms with Crippen molar-refractivity contribution >= 4 is 32.8 Å². The Bertz CT molecular complexity index is 1380. The number of H-pyrrole nitrogens is 1. The molecule has 4 N–H and O–H groups in total. The molecule has 0 bridgehead atoms. The summed E-state index contributed by atoms with van der Waals surface area (Å²) < 4.78 is 32.7.